The van der Waals surface area contributed by atoms with Gasteiger partial charge < -0.3 is 10.3 Å². The number of aryl methyl sites for hydroxylation is 1. The number of amides is 1. The first kappa shape index (κ1) is 17.4. The number of nitrogens with two attached hydrogens (primary N) is 1. The molecule has 1 unspecified atom stereocenters. The molecule has 0 aliphatic carbocycles. The van der Waals surface area contributed by atoms with Gasteiger partial charge in [0.2, 0.25) is 0 Å². The monoisotopic (exact) mass is 292 g/mol. The van der Waals surface area contributed by atoms with E-state index >= 15 is 0 Å². The lowest BCUT2D eigenvalue weighted by atomic mass is 10.1. The summed E-state index contributed by atoms with van der Waals surface area (Å²) in [6.45, 7) is 9.14. The maximum Gasteiger partial charge on any atom is 0.254 e. The molecule has 0 aromatic carbocycles. The van der Waals surface area contributed by atoms with E-state index in [1.165, 1.54) is 0 Å². The summed E-state index contributed by atoms with van der Waals surface area (Å²) in [6.07, 6.45) is 3.81. The summed E-state index contributed by atoms with van der Waals surface area (Å²) in [6, 6.07) is 3.82. The Bertz CT molecular complexity index is 439. The number of hydrogen-bond donors (Lipinski definition) is 2. The molecule has 0 fully saturated rings. The van der Waals surface area contributed by atoms with Crippen LogP contribution in [0.2, 0.25) is 0 Å². The predicted octanol–water partition coefficient (Wildman–Crippen LogP) is 2.97. The fourth-order valence-corrected chi connectivity index (χ4v) is 2.20. The van der Waals surface area contributed by atoms with Crippen molar-refractivity contribution in [1.82, 2.24) is 9.88 Å². The second-order valence-corrected chi connectivity index (χ2v) is 5.34. The number of unbranched alkanes of at least 4 members (excludes halogenated alkanes) is 1. The molecule has 0 spiro atoms. The van der Waals surface area contributed by atoms with Crippen LogP contribution in [0.5, 0.6) is 0 Å². The quantitative estimate of drug-likeness (QED) is 0.571. The van der Waals surface area contributed by atoms with Gasteiger partial charge in [-0.05, 0) is 38.3 Å². The van der Waals surface area contributed by atoms with Gasteiger partial charge in [-0.15, -0.1) is 0 Å². The van der Waals surface area contributed by atoms with Crippen molar-refractivity contribution in [3.05, 3.63) is 23.4 Å². The van der Waals surface area contributed by atoms with E-state index < -0.39 is 0 Å². The SMILES string of the molecule is CCCCN(C(=O)c1cc(CC)nc(NN)c1)C(C)CC. The number of anilines is 1. The van der Waals surface area contributed by atoms with Crippen LogP contribution in [0.1, 0.15) is 63.0 Å². The van der Waals surface area contributed by atoms with E-state index in [0.717, 1.165) is 37.9 Å². The van der Waals surface area contributed by atoms with Gasteiger partial charge in [0.15, 0.2) is 0 Å². The molecule has 0 radical (unpaired) electrons. The molecule has 3 N–H and O–H groups in total. The molecule has 1 amide bonds. The van der Waals surface area contributed by atoms with Crippen molar-refractivity contribution >= 4 is 11.7 Å². The van der Waals surface area contributed by atoms with Crippen molar-refractivity contribution in [1.29, 1.82) is 0 Å². The molecule has 118 valence electrons. The Morgan fingerprint density at radius 3 is 2.62 bits per heavy atom. The highest BCUT2D eigenvalue weighted by molar-refractivity contribution is 5.95. The molecule has 21 heavy (non-hydrogen) atoms. The minimum Gasteiger partial charge on any atom is -0.336 e. The number of rotatable bonds is 8. The summed E-state index contributed by atoms with van der Waals surface area (Å²) < 4.78 is 0. The van der Waals surface area contributed by atoms with Gasteiger partial charge in [-0.25, -0.2) is 10.8 Å². The summed E-state index contributed by atoms with van der Waals surface area (Å²) in [7, 11) is 0. The number of nitrogen functional groups attached to an aromatic ring is 1. The third-order valence-electron chi connectivity index (χ3n) is 3.77. The van der Waals surface area contributed by atoms with Crippen molar-refractivity contribution in [2.75, 3.05) is 12.0 Å². The zero-order valence-corrected chi connectivity index (χ0v) is 13.6. The van der Waals surface area contributed by atoms with E-state index in [2.05, 4.69) is 31.2 Å². The van der Waals surface area contributed by atoms with Gasteiger partial charge in [0.1, 0.15) is 5.82 Å². The Morgan fingerprint density at radius 2 is 2.10 bits per heavy atom. The zero-order valence-electron chi connectivity index (χ0n) is 13.6. The summed E-state index contributed by atoms with van der Waals surface area (Å²) >= 11 is 0. The maximum atomic E-state index is 12.8. The van der Waals surface area contributed by atoms with Crippen LogP contribution in [0, 0.1) is 0 Å². The van der Waals surface area contributed by atoms with Crippen LogP contribution in [0.25, 0.3) is 0 Å². The summed E-state index contributed by atoms with van der Waals surface area (Å²) in [4.78, 5) is 19.1. The molecule has 0 bridgehead atoms. The first-order valence-corrected chi connectivity index (χ1v) is 7.85. The normalized spacial score (nSPS) is 12.0. The average molecular weight is 292 g/mol. The number of nitrogens with zero attached hydrogens (tertiary/aromatic N) is 2. The number of carbonyl (C=O) groups is 1. The number of hydrazine groups is 1. The van der Waals surface area contributed by atoms with Crippen molar-refractivity contribution in [3.8, 4) is 0 Å². The van der Waals surface area contributed by atoms with E-state index in [9.17, 15) is 4.79 Å². The summed E-state index contributed by atoms with van der Waals surface area (Å²) in [5, 5.41) is 0. The van der Waals surface area contributed by atoms with Crippen LogP contribution < -0.4 is 11.3 Å². The van der Waals surface area contributed by atoms with E-state index in [-0.39, 0.29) is 11.9 Å². The smallest absolute Gasteiger partial charge is 0.254 e. The molecule has 1 heterocycles. The van der Waals surface area contributed by atoms with Gasteiger partial charge in [-0.2, -0.15) is 0 Å². The van der Waals surface area contributed by atoms with Crippen molar-refractivity contribution < 1.29 is 4.79 Å². The number of pyridine rings is 1. The lowest BCUT2D eigenvalue weighted by Gasteiger charge is -2.29. The maximum absolute atomic E-state index is 12.8. The highest BCUT2D eigenvalue weighted by Gasteiger charge is 2.21. The Hall–Kier alpha value is -1.62. The van der Waals surface area contributed by atoms with Crippen molar-refractivity contribution in [3.63, 3.8) is 0 Å². The zero-order chi connectivity index (χ0) is 15.8. The number of carbonyl (C=O) groups excluding carboxylic acids is 1. The molecule has 0 aliphatic heterocycles. The Balaban J connectivity index is 3.06. The minimum absolute atomic E-state index is 0.0615. The molecule has 5 nitrogen and oxygen atoms in total. The first-order valence-electron chi connectivity index (χ1n) is 7.85. The highest BCUT2D eigenvalue weighted by Crippen LogP contribution is 2.16. The summed E-state index contributed by atoms with van der Waals surface area (Å²) in [5.41, 5.74) is 4.07. The second-order valence-electron chi connectivity index (χ2n) is 5.34. The largest absolute Gasteiger partial charge is 0.336 e. The van der Waals surface area contributed by atoms with Gasteiger partial charge in [0.05, 0.1) is 0 Å². The molecule has 0 saturated carbocycles. The molecule has 1 atom stereocenters. The number of nitrogens with one attached hydrogen (secondary N) is 1. The standard InChI is InChI=1S/C16H28N4O/c1-5-8-9-20(12(4)6-2)16(21)13-10-14(7-3)18-15(11-13)19-17/h10-12H,5-9,17H2,1-4H3,(H,18,19). The van der Waals surface area contributed by atoms with Crippen molar-refractivity contribution in [2.45, 2.75) is 59.4 Å². The van der Waals surface area contributed by atoms with E-state index in [1.807, 2.05) is 17.9 Å². The Kier molecular flexibility index (Phi) is 7.15. The lowest BCUT2D eigenvalue weighted by Crippen LogP contribution is -2.39. The van der Waals surface area contributed by atoms with Crippen LogP contribution in [0.15, 0.2) is 12.1 Å². The molecule has 5 heteroatoms. The predicted molar refractivity (Wildman–Crippen MR) is 87.1 cm³/mol. The number of aromatic nitrogens is 1. The van der Waals surface area contributed by atoms with Gasteiger partial charge in [-0.1, -0.05) is 27.2 Å². The van der Waals surface area contributed by atoms with E-state index in [4.69, 9.17) is 5.84 Å². The fraction of sp³-hybridized carbons (Fsp3) is 0.625. The van der Waals surface area contributed by atoms with Crippen LogP contribution in [0.4, 0.5) is 5.82 Å². The molecule has 1 aromatic heterocycles. The minimum atomic E-state index is 0.0615. The fourth-order valence-electron chi connectivity index (χ4n) is 2.20. The Morgan fingerprint density at radius 1 is 1.38 bits per heavy atom. The summed E-state index contributed by atoms with van der Waals surface area (Å²) in [5.74, 6) is 6.05. The molecular weight excluding hydrogens is 264 g/mol. The highest BCUT2D eigenvalue weighted by atomic mass is 16.2. The van der Waals surface area contributed by atoms with Gasteiger partial charge in [-0.3, -0.25) is 4.79 Å². The average Bonchev–Trinajstić information content (AvgIpc) is 2.53. The van der Waals surface area contributed by atoms with Crippen molar-refractivity contribution in [2.24, 2.45) is 5.84 Å². The van der Waals surface area contributed by atoms with Crippen LogP contribution >= 0.6 is 0 Å². The molecule has 1 aromatic rings. The van der Waals surface area contributed by atoms with Gasteiger partial charge in [0.25, 0.3) is 5.91 Å². The molecule has 1 rings (SSSR count). The third kappa shape index (κ3) is 4.70. The third-order valence-corrected chi connectivity index (χ3v) is 3.77. The number of hydrogen-bond acceptors (Lipinski definition) is 4. The molecule has 0 aliphatic rings. The van der Waals surface area contributed by atoms with Crippen LogP contribution in [-0.2, 0) is 6.42 Å². The van der Waals surface area contributed by atoms with Crippen LogP contribution in [0.3, 0.4) is 0 Å². The van der Waals surface area contributed by atoms with Gasteiger partial charge >= 0.3 is 0 Å². The van der Waals surface area contributed by atoms with Crippen LogP contribution in [-0.4, -0.2) is 28.4 Å². The molecular formula is C16H28N4O. The second kappa shape index (κ2) is 8.62. The lowest BCUT2D eigenvalue weighted by molar-refractivity contribution is 0.0685. The van der Waals surface area contributed by atoms with Gasteiger partial charge in [0, 0.05) is 23.8 Å². The van der Waals surface area contributed by atoms with E-state index in [1.54, 1.807) is 6.07 Å². The Labute approximate surface area is 127 Å². The molecule has 0 saturated heterocycles. The van der Waals surface area contributed by atoms with E-state index in [0.29, 0.717) is 11.4 Å². The topological polar surface area (TPSA) is 71.2 Å². The first-order chi connectivity index (χ1) is 10.1.